The topological polar surface area (TPSA) is 64.3 Å². The largest absolute Gasteiger partial charge is 0.364 e. The zero-order chi connectivity index (χ0) is 13.2. The summed E-state index contributed by atoms with van der Waals surface area (Å²) in [7, 11) is 0. The minimum absolute atomic E-state index is 0.309. The van der Waals surface area contributed by atoms with Crippen molar-refractivity contribution in [2.24, 2.45) is 5.84 Å². The summed E-state index contributed by atoms with van der Waals surface area (Å²) in [6, 6.07) is 9.40. The van der Waals surface area contributed by atoms with Crippen LogP contribution in [0.15, 0.2) is 30.3 Å². The summed E-state index contributed by atoms with van der Waals surface area (Å²) in [5, 5.41) is 0. The molecule has 1 unspecified atom stereocenters. The van der Waals surface area contributed by atoms with Crippen molar-refractivity contribution in [3.05, 3.63) is 35.9 Å². The van der Waals surface area contributed by atoms with Gasteiger partial charge in [0.15, 0.2) is 6.10 Å². The van der Waals surface area contributed by atoms with E-state index in [9.17, 15) is 4.79 Å². The summed E-state index contributed by atoms with van der Waals surface area (Å²) in [5.74, 6) is 4.87. The smallest absolute Gasteiger partial charge is 0.267 e. The predicted octanol–water partition coefficient (Wildman–Crippen LogP) is 2.31. The van der Waals surface area contributed by atoms with Crippen LogP contribution < -0.4 is 11.3 Å². The van der Waals surface area contributed by atoms with Crippen molar-refractivity contribution < 1.29 is 9.53 Å². The molecule has 4 nitrogen and oxygen atoms in total. The second-order valence-electron chi connectivity index (χ2n) is 4.23. The average molecular weight is 250 g/mol. The van der Waals surface area contributed by atoms with Gasteiger partial charge < -0.3 is 4.74 Å². The van der Waals surface area contributed by atoms with Crippen LogP contribution in [0.1, 0.15) is 44.3 Å². The predicted molar refractivity (Wildman–Crippen MR) is 71.6 cm³/mol. The van der Waals surface area contributed by atoms with Crippen molar-refractivity contribution in [1.82, 2.24) is 5.43 Å². The number of unbranched alkanes of at least 4 members (excludes halogenated alkanes) is 3. The van der Waals surface area contributed by atoms with E-state index in [-0.39, 0.29) is 5.91 Å². The highest BCUT2D eigenvalue weighted by molar-refractivity contribution is 5.81. The molecule has 1 atom stereocenters. The van der Waals surface area contributed by atoms with Crippen LogP contribution in [-0.2, 0) is 9.53 Å². The number of ether oxygens (including phenoxy) is 1. The van der Waals surface area contributed by atoms with Gasteiger partial charge in [0, 0.05) is 6.61 Å². The molecule has 0 spiro atoms. The number of hydrogen-bond acceptors (Lipinski definition) is 3. The van der Waals surface area contributed by atoms with Gasteiger partial charge in [0.1, 0.15) is 0 Å². The number of rotatable bonds is 8. The van der Waals surface area contributed by atoms with Gasteiger partial charge in [-0.3, -0.25) is 10.2 Å². The Morgan fingerprint density at radius 2 is 2.00 bits per heavy atom. The molecule has 1 rings (SSSR count). The van der Waals surface area contributed by atoms with Gasteiger partial charge in [0.05, 0.1) is 0 Å². The average Bonchev–Trinajstić information content (AvgIpc) is 2.43. The molecule has 18 heavy (non-hydrogen) atoms. The molecule has 4 heteroatoms. The molecule has 0 fully saturated rings. The minimum Gasteiger partial charge on any atom is -0.364 e. The Morgan fingerprint density at radius 1 is 1.28 bits per heavy atom. The number of nitrogens with one attached hydrogen (secondary N) is 1. The third kappa shape index (κ3) is 4.85. The highest BCUT2D eigenvalue weighted by atomic mass is 16.5. The van der Waals surface area contributed by atoms with E-state index in [0.29, 0.717) is 6.61 Å². The lowest BCUT2D eigenvalue weighted by Crippen LogP contribution is -2.36. The molecule has 0 saturated carbocycles. The molecule has 3 N–H and O–H groups in total. The molecule has 0 aromatic heterocycles. The first-order chi connectivity index (χ1) is 8.79. The molecule has 1 aromatic rings. The summed E-state index contributed by atoms with van der Waals surface area (Å²) in [6.45, 7) is 2.74. The number of amides is 1. The quantitative estimate of drug-likeness (QED) is 0.322. The monoisotopic (exact) mass is 250 g/mol. The maximum atomic E-state index is 11.7. The Kier molecular flexibility index (Phi) is 7.06. The Labute approximate surface area is 108 Å². The highest BCUT2D eigenvalue weighted by Gasteiger charge is 2.19. The van der Waals surface area contributed by atoms with Crippen LogP contribution in [0.25, 0.3) is 0 Å². The first-order valence-corrected chi connectivity index (χ1v) is 6.46. The van der Waals surface area contributed by atoms with Crippen LogP contribution in [-0.4, -0.2) is 12.5 Å². The van der Waals surface area contributed by atoms with E-state index in [4.69, 9.17) is 10.6 Å². The summed E-state index contributed by atoms with van der Waals surface area (Å²) >= 11 is 0. The molecular formula is C14H22N2O2. The van der Waals surface area contributed by atoms with E-state index in [1.165, 1.54) is 12.8 Å². The molecule has 1 amide bonds. The third-order valence-corrected chi connectivity index (χ3v) is 2.77. The molecule has 0 heterocycles. The fourth-order valence-electron chi connectivity index (χ4n) is 1.76. The van der Waals surface area contributed by atoms with Gasteiger partial charge in [-0.2, -0.15) is 0 Å². The summed E-state index contributed by atoms with van der Waals surface area (Å²) < 4.78 is 5.64. The van der Waals surface area contributed by atoms with Crippen molar-refractivity contribution in [2.75, 3.05) is 6.61 Å². The minimum atomic E-state index is -0.613. The molecule has 100 valence electrons. The molecule has 0 aliphatic rings. The van der Waals surface area contributed by atoms with Gasteiger partial charge in [0.25, 0.3) is 5.91 Å². The lowest BCUT2D eigenvalue weighted by Gasteiger charge is -2.16. The number of hydrazine groups is 1. The molecule has 0 aliphatic heterocycles. The molecule has 0 bridgehead atoms. The van der Waals surface area contributed by atoms with E-state index >= 15 is 0 Å². The summed E-state index contributed by atoms with van der Waals surface area (Å²) in [4.78, 5) is 11.7. The van der Waals surface area contributed by atoms with Crippen molar-refractivity contribution in [2.45, 2.75) is 38.7 Å². The number of carbonyl (C=O) groups is 1. The van der Waals surface area contributed by atoms with Crippen LogP contribution >= 0.6 is 0 Å². The maximum Gasteiger partial charge on any atom is 0.267 e. The van der Waals surface area contributed by atoms with Crippen LogP contribution in [0.3, 0.4) is 0 Å². The SMILES string of the molecule is CCCCCCOC(C(=O)NN)c1ccccc1. The van der Waals surface area contributed by atoms with Crippen LogP contribution in [0.4, 0.5) is 0 Å². The van der Waals surface area contributed by atoms with Crippen molar-refractivity contribution in [3.8, 4) is 0 Å². The Bertz CT molecular complexity index is 341. The van der Waals surface area contributed by atoms with Gasteiger partial charge >= 0.3 is 0 Å². The molecule has 0 radical (unpaired) electrons. The number of nitrogens with two attached hydrogens (primary N) is 1. The third-order valence-electron chi connectivity index (χ3n) is 2.77. The normalized spacial score (nSPS) is 12.1. The Balaban J connectivity index is 2.50. The second-order valence-corrected chi connectivity index (χ2v) is 4.23. The van der Waals surface area contributed by atoms with E-state index in [0.717, 1.165) is 18.4 Å². The van der Waals surface area contributed by atoms with Gasteiger partial charge in [-0.05, 0) is 12.0 Å². The van der Waals surface area contributed by atoms with Gasteiger partial charge in [-0.25, -0.2) is 5.84 Å². The number of carbonyl (C=O) groups excluding carboxylic acids is 1. The van der Waals surface area contributed by atoms with Crippen molar-refractivity contribution >= 4 is 5.91 Å². The van der Waals surface area contributed by atoms with Crippen LogP contribution in [0, 0.1) is 0 Å². The summed E-state index contributed by atoms with van der Waals surface area (Å²) in [6.07, 6.45) is 3.86. The Morgan fingerprint density at radius 3 is 2.61 bits per heavy atom. The standard InChI is InChI=1S/C14H22N2O2/c1-2-3-4-8-11-18-13(14(17)16-15)12-9-6-5-7-10-12/h5-7,9-10,13H,2-4,8,11,15H2,1H3,(H,16,17). The van der Waals surface area contributed by atoms with E-state index in [2.05, 4.69) is 12.3 Å². The van der Waals surface area contributed by atoms with Crippen molar-refractivity contribution in [3.63, 3.8) is 0 Å². The zero-order valence-electron chi connectivity index (χ0n) is 10.9. The fraction of sp³-hybridized carbons (Fsp3) is 0.500. The molecular weight excluding hydrogens is 228 g/mol. The highest BCUT2D eigenvalue weighted by Crippen LogP contribution is 2.17. The number of hydrogen-bond donors (Lipinski definition) is 2. The summed E-state index contributed by atoms with van der Waals surface area (Å²) in [5.41, 5.74) is 2.98. The van der Waals surface area contributed by atoms with E-state index < -0.39 is 6.10 Å². The number of benzene rings is 1. The first-order valence-electron chi connectivity index (χ1n) is 6.46. The van der Waals surface area contributed by atoms with Gasteiger partial charge in [0.2, 0.25) is 0 Å². The van der Waals surface area contributed by atoms with Gasteiger partial charge in [-0.15, -0.1) is 0 Å². The van der Waals surface area contributed by atoms with Crippen molar-refractivity contribution in [1.29, 1.82) is 0 Å². The van der Waals surface area contributed by atoms with E-state index in [1.807, 2.05) is 30.3 Å². The fourth-order valence-corrected chi connectivity index (χ4v) is 1.76. The van der Waals surface area contributed by atoms with Crippen LogP contribution in [0.2, 0.25) is 0 Å². The molecule has 1 aromatic carbocycles. The lowest BCUT2D eigenvalue weighted by molar-refractivity contribution is -0.133. The van der Waals surface area contributed by atoms with Gasteiger partial charge in [-0.1, -0.05) is 56.5 Å². The first kappa shape index (κ1) is 14.7. The molecule has 0 aliphatic carbocycles. The second kappa shape index (κ2) is 8.66. The van der Waals surface area contributed by atoms with E-state index in [1.54, 1.807) is 0 Å². The van der Waals surface area contributed by atoms with Crippen LogP contribution in [0.5, 0.6) is 0 Å². The maximum absolute atomic E-state index is 11.7. The lowest BCUT2D eigenvalue weighted by atomic mass is 10.1. The Hall–Kier alpha value is -1.39. The molecule has 0 saturated heterocycles. The zero-order valence-corrected chi connectivity index (χ0v) is 10.9.